The van der Waals surface area contributed by atoms with Crippen molar-refractivity contribution < 1.29 is 29.0 Å². The number of carbonyl (C=O) groups excluding carboxylic acids is 2. The summed E-state index contributed by atoms with van der Waals surface area (Å²) in [4.78, 5) is 35.0. The minimum absolute atomic E-state index is 0.0171. The lowest BCUT2D eigenvalue weighted by Gasteiger charge is -2.16. The van der Waals surface area contributed by atoms with Crippen molar-refractivity contribution in [1.29, 1.82) is 0 Å². The lowest BCUT2D eigenvalue weighted by Crippen LogP contribution is -2.35. The molecular weight excluding hydrogens is 436 g/mol. The van der Waals surface area contributed by atoms with E-state index in [-0.39, 0.29) is 37.8 Å². The number of hydrogen-bond donors (Lipinski definition) is 3. The summed E-state index contributed by atoms with van der Waals surface area (Å²) in [5, 5.41) is 14.3. The minimum Gasteiger partial charge on any atom is -0.481 e. The third-order valence-corrected chi connectivity index (χ3v) is 5.78. The number of rotatable bonds is 13. The molecule has 0 heterocycles. The van der Waals surface area contributed by atoms with Crippen LogP contribution in [-0.2, 0) is 19.1 Å². The van der Waals surface area contributed by atoms with E-state index in [0.717, 1.165) is 11.1 Å². The van der Waals surface area contributed by atoms with E-state index in [2.05, 4.69) is 34.9 Å². The van der Waals surface area contributed by atoms with Crippen LogP contribution in [0.3, 0.4) is 0 Å². The Labute approximate surface area is 199 Å². The van der Waals surface area contributed by atoms with Crippen molar-refractivity contribution in [3.63, 3.8) is 0 Å². The lowest BCUT2D eigenvalue weighted by atomic mass is 9.98. The van der Waals surface area contributed by atoms with Crippen LogP contribution in [0.5, 0.6) is 0 Å². The van der Waals surface area contributed by atoms with Gasteiger partial charge in [-0.2, -0.15) is 0 Å². The highest BCUT2D eigenvalue weighted by Crippen LogP contribution is 2.44. The Morgan fingerprint density at radius 1 is 0.971 bits per heavy atom. The first-order chi connectivity index (χ1) is 16.5. The summed E-state index contributed by atoms with van der Waals surface area (Å²) >= 11 is 0. The molecule has 2 aromatic carbocycles. The van der Waals surface area contributed by atoms with Crippen LogP contribution in [0.25, 0.3) is 11.1 Å². The van der Waals surface area contributed by atoms with Crippen molar-refractivity contribution in [3.05, 3.63) is 59.7 Å². The molecule has 0 aliphatic heterocycles. The van der Waals surface area contributed by atoms with Crippen LogP contribution in [0.1, 0.15) is 49.7 Å². The molecule has 1 unspecified atom stereocenters. The first-order valence-electron chi connectivity index (χ1n) is 11.7. The Morgan fingerprint density at radius 3 is 2.24 bits per heavy atom. The predicted octanol–water partition coefficient (Wildman–Crippen LogP) is 3.69. The lowest BCUT2D eigenvalue weighted by molar-refractivity contribution is -0.140. The van der Waals surface area contributed by atoms with Crippen molar-refractivity contribution in [2.45, 2.75) is 44.6 Å². The number of carboxylic acids is 1. The average Bonchev–Trinajstić information content (AvgIpc) is 3.14. The number of unbranched alkanes of at least 4 members (excludes halogenated alkanes) is 1. The van der Waals surface area contributed by atoms with Gasteiger partial charge in [-0.15, -0.1) is 0 Å². The van der Waals surface area contributed by atoms with Gasteiger partial charge in [-0.25, -0.2) is 4.79 Å². The molecular formula is C26H32N2O6. The number of hydrogen-bond acceptors (Lipinski definition) is 5. The number of benzene rings is 2. The molecule has 8 nitrogen and oxygen atoms in total. The standard InChI is InChI=1S/C26H32N2O6/c1-2-33-18(15-25(30)31)16-28-24(29)13-7-8-14-27-26(32)34-17-23-21-11-5-3-9-19(21)20-10-4-6-12-22(20)23/h3-6,9-12,18,23H,2,7-8,13-17H2,1H3,(H,27,32)(H,28,29)(H,30,31). The normalized spacial score (nSPS) is 13.0. The van der Waals surface area contributed by atoms with E-state index in [0.29, 0.717) is 26.0 Å². The second kappa shape index (κ2) is 12.7. The number of aliphatic carboxylic acids is 1. The maximum absolute atomic E-state index is 12.2. The number of fused-ring (bicyclic) bond motifs is 3. The summed E-state index contributed by atoms with van der Waals surface area (Å²) in [6.07, 6.45) is 0.340. The van der Waals surface area contributed by atoms with E-state index in [1.54, 1.807) is 6.92 Å². The molecule has 0 spiro atoms. The quantitative estimate of drug-likeness (QED) is 0.386. The van der Waals surface area contributed by atoms with Gasteiger partial charge in [0.15, 0.2) is 0 Å². The summed E-state index contributed by atoms with van der Waals surface area (Å²) in [5.74, 6) is -1.12. The molecule has 0 aromatic heterocycles. The van der Waals surface area contributed by atoms with Gasteiger partial charge >= 0.3 is 12.1 Å². The van der Waals surface area contributed by atoms with Crippen LogP contribution >= 0.6 is 0 Å². The van der Waals surface area contributed by atoms with Gasteiger partial charge in [0.05, 0.1) is 12.5 Å². The number of carbonyl (C=O) groups is 3. The molecule has 2 aromatic rings. The smallest absolute Gasteiger partial charge is 0.407 e. The summed E-state index contributed by atoms with van der Waals surface area (Å²) in [7, 11) is 0. The van der Waals surface area contributed by atoms with Crippen molar-refractivity contribution >= 4 is 18.0 Å². The largest absolute Gasteiger partial charge is 0.481 e. The Balaban J connectivity index is 1.33. The fraction of sp³-hybridized carbons (Fsp3) is 0.423. The highest BCUT2D eigenvalue weighted by atomic mass is 16.5. The number of alkyl carbamates (subject to hydrolysis) is 1. The van der Waals surface area contributed by atoms with E-state index >= 15 is 0 Å². The molecule has 3 N–H and O–H groups in total. The van der Waals surface area contributed by atoms with Crippen LogP contribution in [-0.4, -0.2) is 55.5 Å². The van der Waals surface area contributed by atoms with Crippen LogP contribution in [0.2, 0.25) is 0 Å². The van der Waals surface area contributed by atoms with Gasteiger partial charge in [0, 0.05) is 32.0 Å². The number of ether oxygens (including phenoxy) is 2. The third-order valence-electron chi connectivity index (χ3n) is 5.78. The fourth-order valence-electron chi connectivity index (χ4n) is 4.19. The Morgan fingerprint density at radius 2 is 1.62 bits per heavy atom. The van der Waals surface area contributed by atoms with Crippen molar-refractivity contribution in [1.82, 2.24) is 10.6 Å². The number of amides is 2. The second-order valence-corrected chi connectivity index (χ2v) is 8.19. The fourth-order valence-corrected chi connectivity index (χ4v) is 4.19. The molecule has 0 bridgehead atoms. The third kappa shape index (κ3) is 7.05. The predicted molar refractivity (Wildman–Crippen MR) is 128 cm³/mol. The average molecular weight is 469 g/mol. The molecule has 2 amide bonds. The van der Waals surface area contributed by atoms with E-state index in [4.69, 9.17) is 14.6 Å². The van der Waals surface area contributed by atoms with E-state index in [1.807, 2.05) is 24.3 Å². The topological polar surface area (TPSA) is 114 Å². The van der Waals surface area contributed by atoms with Gasteiger partial charge in [-0.05, 0) is 42.0 Å². The molecule has 1 aliphatic carbocycles. The first-order valence-corrected chi connectivity index (χ1v) is 11.7. The zero-order valence-electron chi connectivity index (χ0n) is 19.4. The van der Waals surface area contributed by atoms with Crippen LogP contribution < -0.4 is 10.6 Å². The maximum Gasteiger partial charge on any atom is 0.407 e. The van der Waals surface area contributed by atoms with Crippen molar-refractivity contribution in [2.75, 3.05) is 26.3 Å². The van der Waals surface area contributed by atoms with Gasteiger partial charge in [0.1, 0.15) is 6.61 Å². The Bertz CT molecular complexity index is 947. The molecule has 1 atom stereocenters. The number of carboxylic acid groups (broad SMARTS) is 1. The molecule has 182 valence electrons. The molecule has 0 radical (unpaired) electrons. The van der Waals surface area contributed by atoms with Crippen molar-refractivity contribution in [3.8, 4) is 11.1 Å². The molecule has 0 saturated heterocycles. The van der Waals surface area contributed by atoms with Gasteiger partial charge in [0.25, 0.3) is 0 Å². The van der Waals surface area contributed by atoms with Gasteiger partial charge in [-0.3, -0.25) is 9.59 Å². The Kier molecular flexibility index (Phi) is 9.46. The molecule has 1 aliphatic rings. The molecule has 0 saturated carbocycles. The summed E-state index contributed by atoms with van der Waals surface area (Å²) in [6.45, 7) is 3.00. The highest BCUT2D eigenvalue weighted by molar-refractivity contribution is 5.79. The van der Waals surface area contributed by atoms with Crippen LogP contribution in [0.15, 0.2) is 48.5 Å². The summed E-state index contributed by atoms with van der Waals surface area (Å²) in [6, 6.07) is 16.3. The molecule has 8 heteroatoms. The van der Waals surface area contributed by atoms with E-state index in [1.165, 1.54) is 11.1 Å². The van der Waals surface area contributed by atoms with Gasteiger partial charge < -0.3 is 25.2 Å². The maximum atomic E-state index is 12.2. The SMILES string of the molecule is CCOC(CNC(=O)CCCCNC(=O)OCC1c2ccccc2-c2ccccc21)CC(=O)O. The minimum atomic E-state index is -0.966. The second-order valence-electron chi connectivity index (χ2n) is 8.19. The van der Waals surface area contributed by atoms with Gasteiger partial charge in [-0.1, -0.05) is 48.5 Å². The van der Waals surface area contributed by atoms with E-state index < -0.39 is 18.2 Å². The zero-order valence-corrected chi connectivity index (χ0v) is 19.4. The Hall–Kier alpha value is -3.39. The summed E-state index contributed by atoms with van der Waals surface area (Å²) in [5.41, 5.74) is 4.69. The monoisotopic (exact) mass is 468 g/mol. The molecule has 34 heavy (non-hydrogen) atoms. The molecule has 3 rings (SSSR count). The zero-order chi connectivity index (χ0) is 24.3. The first kappa shape index (κ1) is 25.2. The highest BCUT2D eigenvalue weighted by Gasteiger charge is 2.28. The van der Waals surface area contributed by atoms with Crippen LogP contribution in [0, 0.1) is 0 Å². The molecule has 0 fully saturated rings. The number of nitrogens with one attached hydrogen (secondary N) is 2. The van der Waals surface area contributed by atoms with E-state index in [9.17, 15) is 14.4 Å². The van der Waals surface area contributed by atoms with Crippen molar-refractivity contribution in [2.24, 2.45) is 0 Å². The summed E-state index contributed by atoms with van der Waals surface area (Å²) < 4.78 is 10.8. The van der Waals surface area contributed by atoms with Crippen LogP contribution in [0.4, 0.5) is 4.79 Å². The van der Waals surface area contributed by atoms with Gasteiger partial charge in [0.2, 0.25) is 5.91 Å².